The van der Waals surface area contributed by atoms with Crippen molar-refractivity contribution in [2.75, 3.05) is 6.26 Å². The maximum Gasteiger partial charge on any atom is 0.223 e. The summed E-state index contributed by atoms with van der Waals surface area (Å²) in [5, 5.41) is 14.3. The molecule has 1 heterocycles. The van der Waals surface area contributed by atoms with Crippen molar-refractivity contribution < 1.29 is 18.3 Å². The SMILES string of the molecule is C[C@H]1[C@@H]2[C@@H](O)C([C@H](C)C(=O)NCc3ccccn3)CC[C@@]2(C)CC[C@@H]1NS(C)(=O)=O. The minimum absolute atomic E-state index is 0.0000509. The average molecular weight is 438 g/mol. The standard InChI is InChI=1S/C22H35N3O4S/c1-14(21(27)24-13-16-7-5-6-12-23-16)17-8-10-22(3)11-9-18(25-30(4,28)29)15(2)19(22)20(17)26/h5-7,12,14-15,17-20,25-26H,8-11,13H2,1-4H3,(H,24,27)/t14-,15+,17?,18-,19+,20-,22-/m0/s1. The number of pyridine rings is 1. The van der Waals surface area contributed by atoms with Gasteiger partial charge >= 0.3 is 0 Å². The van der Waals surface area contributed by atoms with E-state index >= 15 is 0 Å². The number of hydrogen-bond acceptors (Lipinski definition) is 5. The van der Waals surface area contributed by atoms with Crippen molar-refractivity contribution in [1.29, 1.82) is 0 Å². The van der Waals surface area contributed by atoms with Crippen LogP contribution in [0.2, 0.25) is 0 Å². The van der Waals surface area contributed by atoms with Gasteiger partial charge in [-0.15, -0.1) is 0 Å². The largest absolute Gasteiger partial charge is 0.392 e. The fraction of sp³-hybridized carbons (Fsp3) is 0.727. The molecule has 1 aromatic heterocycles. The molecule has 0 saturated heterocycles. The summed E-state index contributed by atoms with van der Waals surface area (Å²) in [6, 6.07) is 5.40. The van der Waals surface area contributed by atoms with Crippen molar-refractivity contribution in [3.8, 4) is 0 Å². The molecule has 1 unspecified atom stereocenters. The second-order valence-electron chi connectivity index (χ2n) is 9.59. The summed E-state index contributed by atoms with van der Waals surface area (Å²) in [6.07, 6.45) is 5.62. The van der Waals surface area contributed by atoms with Crippen LogP contribution in [0.15, 0.2) is 24.4 Å². The predicted octanol–water partition coefficient (Wildman–Crippen LogP) is 2.07. The number of nitrogens with one attached hydrogen (secondary N) is 2. The van der Waals surface area contributed by atoms with Crippen LogP contribution < -0.4 is 10.0 Å². The highest BCUT2D eigenvalue weighted by atomic mass is 32.2. The van der Waals surface area contributed by atoms with Crippen LogP contribution in [0.3, 0.4) is 0 Å². The Morgan fingerprint density at radius 2 is 2.03 bits per heavy atom. The van der Waals surface area contributed by atoms with Crippen LogP contribution >= 0.6 is 0 Å². The van der Waals surface area contributed by atoms with Crippen LogP contribution in [0.25, 0.3) is 0 Å². The molecule has 168 valence electrons. The number of rotatable bonds is 6. The molecule has 3 rings (SSSR count). The zero-order valence-electron chi connectivity index (χ0n) is 18.3. The number of aliphatic hydroxyl groups is 1. The minimum atomic E-state index is -3.31. The first-order chi connectivity index (χ1) is 14.0. The topological polar surface area (TPSA) is 108 Å². The maximum atomic E-state index is 12.8. The van der Waals surface area contributed by atoms with Crippen LogP contribution in [0.4, 0.5) is 0 Å². The van der Waals surface area contributed by atoms with Gasteiger partial charge in [-0.05, 0) is 61.0 Å². The molecule has 0 radical (unpaired) electrons. The van der Waals surface area contributed by atoms with Crippen molar-refractivity contribution in [2.24, 2.45) is 29.1 Å². The lowest BCUT2D eigenvalue weighted by molar-refractivity contribution is -0.141. The first-order valence-electron chi connectivity index (χ1n) is 10.8. The van der Waals surface area contributed by atoms with E-state index in [1.807, 2.05) is 32.0 Å². The quantitative estimate of drug-likeness (QED) is 0.631. The van der Waals surface area contributed by atoms with E-state index in [0.29, 0.717) is 6.54 Å². The molecular weight excluding hydrogens is 402 g/mol. The Morgan fingerprint density at radius 1 is 1.33 bits per heavy atom. The van der Waals surface area contributed by atoms with E-state index in [-0.39, 0.29) is 41.0 Å². The summed E-state index contributed by atoms with van der Waals surface area (Å²) in [4.78, 5) is 17.0. The maximum absolute atomic E-state index is 12.8. The number of carbonyl (C=O) groups is 1. The van der Waals surface area contributed by atoms with Gasteiger partial charge in [0.15, 0.2) is 0 Å². The van der Waals surface area contributed by atoms with Crippen LogP contribution in [0.5, 0.6) is 0 Å². The lowest BCUT2D eigenvalue weighted by Gasteiger charge is -2.56. The van der Waals surface area contributed by atoms with E-state index in [9.17, 15) is 18.3 Å². The van der Waals surface area contributed by atoms with E-state index in [0.717, 1.165) is 31.4 Å². The summed E-state index contributed by atoms with van der Waals surface area (Å²) in [5.74, 6) is -0.604. The molecule has 0 spiro atoms. The molecule has 2 aliphatic carbocycles. The molecule has 2 fully saturated rings. The highest BCUT2D eigenvalue weighted by Crippen LogP contribution is 2.55. The van der Waals surface area contributed by atoms with Crippen LogP contribution in [0.1, 0.15) is 52.1 Å². The van der Waals surface area contributed by atoms with Crippen molar-refractivity contribution in [3.05, 3.63) is 30.1 Å². The van der Waals surface area contributed by atoms with Crippen molar-refractivity contribution in [1.82, 2.24) is 15.0 Å². The molecule has 2 saturated carbocycles. The van der Waals surface area contributed by atoms with Gasteiger partial charge in [-0.1, -0.05) is 26.8 Å². The Balaban J connectivity index is 1.69. The zero-order chi connectivity index (χ0) is 22.1. The molecule has 0 bridgehead atoms. The minimum Gasteiger partial charge on any atom is -0.392 e. The number of fused-ring (bicyclic) bond motifs is 1. The lowest BCUT2D eigenvalue weighted by atomic mass is 9.52. The third-order valence-corrected chi connectivity index (χ3v) is 8.21. The summed E-state index contributed by atoms with van der Waals surface area (Å²) >= 11 is 0. The molecule has 3 N–H and O–H groups in total. The number of aromatic nitrogens is 1. The number of nitrogens with zero attached hydrogens (tertiary/aromatic N) is 1. The van der Waals surface area contributed by atoms with Crippen LogP contribution in [0, 0.1) is 29.1 Å². The smallest absolute Gasteiger partial charge is 0.223 e. The predicted molar refractivity (Wildman–Crippen MR) is 116 cm³/mol. The first-order valence-corrected chi connectivity index (χ1v) is 12.7. The van der Waals surface area contributed by atoms with Crippen LogP contribution in [-0.4, -0.2) is 42.8 Å². The lowest BCUT2D eigenvalue weighted by Crippen LogP contribution is -2.58. The fourth-order valence-corrected chi connectivity index (χ4v) is 6.65. The van der Waals surface area contributed by atoms with Crippen molar-refractivity contribution in [2.45, 2.75) is 65.1 Å². The monoisotopic (exact) mass is 437 g/mol. The summed E-state index contributed by atoms with van der Waals surface area (Å²) in [6.45, 7) is 6.48. The van der Waals surface area contributed by atoms with Gasteiger partial charge in [0.1, 0.15) is 0 Å². The molecule has 7 nitrogen and oxygen atoms in total. The molecule has 0 aromatic carbocycles. The first kappa shape index (κ1) is 23.2. The summed E-state index contributed by atoms with van der Waals surface area (Å²) in [7, 11) is -3.31. The zero-order valence-corrected chi connectivity index (χ0v) is 19.2. The Hall–Kier alpha value is -1.51. The van der Waals surface area contributed by atoms with Gasteiger partial charge in [0.05, 0.1) is 24.6 Å². The van der Waals surface area contributed by atoms with E-state index in [1.54, 1.807) is 6.20 Å². The van der Waals surface area contributed by atoms with E-state index in [2.05, 4.69) is 21.9 Å². The Kier molecular flexibility index (Phi) is 6.89. The van der Waals surface area contributed by atoms with Gasteiger partial charge in [-0.3, -0.25) is 9.78 Å². The molecule has 1 amide bonds. The summed E-state index contributed by atoms with van der Waals surface area (Å²) < 4.78 is 26.3. The van der Waals surface area contributed by atoms with Gasteiger partial charge in [0.2, 0.25) is 15.9 Å². The van der Waals surface area contributed by atoms with Gasteiger partial charge in [0.25, 0.3) is 0 Å². The van der Waals surface area contributed by atoms with Crippen molar-refractivity contribution >= 4 is 15.9 Å². The summed E-state index contributed by atoms with van der Waals surface area (Å²) in [5.41, 5.74) is 0.764. The van der Waals surface area contributed by atoms with E-state index in [1.165, 1.54) is 6.26 Å². The number of carbonyl (C=O) groups excluding carboxylic acids is 1. The third-order valence-electron chi connectivity index (χ3n) is 7.48. The van der Waals surface area contributed by atoms with Gasteiger partial charge < -0.3 is 10.4 Å². The second-order valence-corrected chi connectivity index (χ2v) is 11.4. The third kappa shape index (κ3) is 5.03. The number of aliphatic hydroxyl groups excluding tert-OH is 1. The average Bonchev–Trinajstić information content (AvgIpc) is 2.68. The second kappa shape index (κ2) is 8.93. The normalized spacial score (nSPS) is 35.3. The Morgan fingerprint density at radius 3 is 2.67 bits per heavy atom. The fourth-order valence-electron chi connectivity index (χ4n) is 5.77. The Bertz CT molecular complexity index is 847. The Labute approximate surface area is 180 Å². The molecule has 0 aliphatic heterocycles. The number of hydrogen-bond donors (Lipinski definition) is 3. The number of amides is 1. The molecule has 7 atom stereocenters. The van der Waals surface area contributed by atoms with Gasteiger partial charge in [-0.25, -0.2) is 13.1 Å². The highest BCUT2D eigenvalue weighted by molar-refractivity contribution is 7.88. The molecular formula is C22H35N3O4S. The van der Waals surface area contributed by atoms with E-state index < -0.39 is 16.1 Å². The molecule has 30 heavy (non-hydrogen) atoms. The molecule has 8 heteroatoms. The highest BCUT2D eigenvalue weighted by Gasteiger charge is 2.53. The number of sulfonamides is 1. The molecule has 2 aliphatic rings. The van der Waals surface area contributed by atoms with Crippen molar-refractivity contribution in [3.63, 3.8) is 0 Å². The molecule has 1 aromatic rings. The van der Waals surface area contributed by atoms with E-state index in [4.69, 9.17) is 0 Å². The van der Waals surface area contributed by atoms with Crippen LogP contribution in [-0.2, 0) is 21.4 Å². The van der Waals surface area contributed by atoms with Gasteiger partial charge in [-0.2, -0.15) is 0 Å². The van der Waals surface area contributed by atoms with Gasteiger partial charge in [0, 0.05) is 18.2 Å².